The molecule has 1 saturated heterocycles. The van der Waals surface area contributed by atoms with E-state index in [2.05, 4.69) is 9.97 Å². The fraction of sp³-hybridized carbons (Fsp3) is 0.261. The smallest absolute Gasteiger partial charge is 0.303 e. The molecule has 1 aliphatic rings. The number of halogens is 3. The van der Waals surface area contributed by atoms with E-state index in [0.29, 0.717) is 31.7 Å². The van der Waals surface area contributed by atoms with E-state index in [9.17, 15) is 18.0 Å². The average Bonchev–Trinajstić information content (AvgIpc) is 2.76. The number of piperidine rings is 1. The summed E-state index contributed by atoms with van der Waals surface area (Å²) >= 11 is 0. The number of rotatable bonds is 6. The van der Waals surface area contributed by atoms with Crippen LogP contribution in [0.1, 0.15) is 19.3 Å². The zero-order valence-electron chi connectivity index (χ0n) is 17.0. The highest BCUT2D eigenvalue weighted by atomic mass is 19.1. The van der Waals surface area contributed by atoms with Gasteiger partial charge in [-0.25, -0.2) is 18.2 Å². The molecule has 1 aromatic heterocycles. The van der Waals surface area contributed by atoms with Gasteiger partial charge < -0.3 is 14.7 Å². The van der Waals surface area contributed by atoms with E-state index in [-0.39, 0.29) is 35.3 Å². The first kappa shape index (κ1) is 21.6. The molecule has 1 fully saturated rings. The van der Waals surface area contributed by atoms with Crippen molar-refractivity contribution in [3.63, 3.8) is 0 Å². The largest absolute Gasteiger partial charge is 0.481 e. The lowest BCUT2D eigenvalue weighted by Gasteiger charge is -2.33. The van der Waals surface area contributed by atoms with Gasteiger partial charge in [-0.15, -0.1) is 0 Å². The fourth-order valence-corrected chi connectivity index (χ4v) is 3.77. The lowest BCUT2D eigenvalue weighted by Crippen LogP contribution is -2.35. The number of benzene rings is 2. The van der Waals surface area contributed by atoms with E-state index in [1.165, 1.54) is 48.7 Å². The van der Waals surface area contributed by atoms with E-state index < -0.39 is 23.4 Å². The van der Waals surface area contributed by atoms with E-state index in [4.69, 9.17) is 9.84 Å². The molecule has 0 spiro atoms. The van der Waals surface area contributed by atoms with Crippen LogP contribution < -0.4 is 9.64 Å². The number of nitrogens with zero attached hydrogens (tertiary/aromatic N) is 3. The van der Waals surface area contributed by atoms with Crippen LogP contribution in [0, 0.1) is 23.4 Å². The first-order chi connectivity index (χ1) is 15.4. The van der Waals surface area contributed by atoms with Crippen molar-refractivity contribution in [2.45, 2.75) is 19.3 Å². The quantitative estimate of drug-likeness (QED) is 0.575. The van der Waals surface area contributed by atoms with Gasteiger partial charge in [-0.2, -0.15) is 4.98 Å². The second kappa shape index (κ2) is 9.25. The van der Waals surface area contributed by atoms with Gasteiger partial charge in [-0.1, -0.05) is 0 Å². The molecule has 0 saturated carbocycles. The minimum Gasteiger partial charge on any atom is -0.481 e. The molecule has 0 bridgehead atoms. The Kier molecular flexibility index (Phi) is 6.25. The molecule has 0 atom stereocenters. The number of aromatic nitrogens is 2. The minimum atomic E-state index is -0.865. The van der Waals surface area contributed by atoms with Gasteiger partial charge in [-0.3, -0.25) is 4.79 Å². The van der Waals surface area contributed by atoms with Crippen molar-refractivity contribution in [3.05, 3.63) is 66.1 Å². The number of anilines is 1. The Morgan fingerprint density at radius 1 is 1.06 bits per heavy atom. The maximum atomic E-state index is 14.9. The summed E-state index contributed by atoms with van der Waals surface area (Å²) < 4.78 is 48.4. The number of aliphatic carboxylic acids is 1. The highest BCUT2D eigenvalue weighted by Crippen LogP contribution is 2.32. The van der Waals surface area contributed by atoms with Crippen LogP contribution in [0.2, 0.25) is 0 Å². The molecule has 1 aliphatic heterocycles. The predicted octanol–water partition coefficient (Wildman–Crippen LogP) is 5.04. The van der Waals surface area contributed by atoms with Crippen LogP contribution >= 0.6 is 0 Å². The lowest BCUT2D eigenvalue weighted by molar-refractivity contribution is -0.138. The fourth-order valence-electron chi connectivity index (χ4n) is 3.77. The zero-order valence-corrected chi connectivity index (χ0v) is 17.0. The van der Waals surface area contributed by atoms with Crippen molar-refractivity contribution in [1.82, 2.24) is 9.97 Å². The summed E-state index contributed by atoms with van der Waals surface area (Å²) in [4.78, 5) is 20.7. The lowest BCUT2D eigenvalue weighted by atomic mass is 9.93. The van der Waals surface area contributed by atoms with Crippen molar-refractivity contribution in [2.24, 2.45) is 5.92 Å². The summed E-state index contributed by atoms with van der Waals surface area (Å²) in [5, 5.41) is 8.92. The molecule has 0 amide bonds. The molecule has 2 heterocycles. The number of hydrogen-bond donors (Lipinski definition) is 1. The Labute approximate surface area is 182 Å². The molecule has 4 rings (SSSR count). The van der Waals surface area contributed by atoms with E-state index >= 15 is 0 Å². The number of ether oxygens (including phenoxy) is 1. The van der Waals surface area contributed by atoms with Crippen LogP contribution in [-0.4, -0.2) is 34.1 Å². The van der Waals surface area contributed by atoms with Crippen molar-refractivity contribution in [1.29, 1.82) is 0 Å². The summed E-state index contributed by atoms with van der Waals surface area (Å²) in [6.45, 7) is 0.755. The normalized spacial score (nSPS) is 14.4. The molecule has 0 unspecified atom stereocenters. The van der Waals surface area contributed by atoms with E-state index in [1.54, 1.807) is 4.90 Å². The molecular weight excluding hydrogens is 423 g/mol. The van der Waals surface area contributed by atoms with Crippen LogP contribution in [0.15, 0.2) is 48.7 Å². The third kappa shape index (κ3) is 4.99. The first-order valence-electron chi connectivity index (χ1n) is 10.1. The van der Waals surface area contributed by atoms with Crippen molar-refractivity contribution < 1.29 is 27.8 Å². The summed E-state index contributed by atoms with van der Waals surface area (Å²) in [5.74, 6) is -2.17. The third-order valence-corrected chi connectivity index (χ3v) is 5.34. The van der Waals surface area contributed by atoms with Gasteiger partial charge in [-0.05, 0) is 55.2 Å². The van der Waals surface area contributed by atoms with Crippen molar-refractivity contribution in [3.8, 4) is 23.0 Å². The van der Waals surface area contributed by atoms with Gasteiger partial charge in [0.25, 0.3) is 0 Å². The van der Waals surface area contributed by atoms with Crippen LogP contribution in [-0.2, 0) is 4.79 Å². The maximum absolute atomic E-state index is 14.9. The second-order valence-corrected chi connectivity index (χ2v) is 7.59. The monoisotopic (exact) mass is 443 g/mol. The Bertz CT molecular complexity index is 1090. The van der Waals surface area contributed by atoms with Gasteiger partial charge in [0.1, 0.15) is 28.9 Å². The van der Waals surface area contributed by atoms with Gasteiger partial charge >= 0.3 is 5.97 Å². The summed E-state index contributed by atoms with van der Waals surface area (Å²) in [5.41, 5.74) is 0.00955. The molecule has 0 radical (unpaired) electrons. The Morgan fingerprint density at radius 3 is 2.34 bits per heavy atom. The second-order valence-electron chi connectivity index (χ2n) is 7.59. The molecule has 0 aliphatic carbocycles. The van der Waals surface area contributed by atoms with Crippen molar-refractivity contribution >= 4 is 11.7 Å². The summed E-state index contributed by atoms with van der Waals surface area (Å²) in [6.07, 6.45) is 2.57. The predicted molar refractivity (Wildman–Crippen MR) is 111 cm³/mol. The van der Waals surface area contributed by atoms with Crippen LogP contribution in [0.4, 0.5) is 18.9 Å². The molecule has 3 aromatic rings. The Morgan fingerprint density at radius 2 is 1.72 bits per heavy atom. The van der Waals surface area contributed by atoms with Crippen LogP contribution in [0.25, 0.3) is 11.4 Å². The topological polar surface area (TPSA) is 75.5 Å². The van der Waals surface area contributed by atoms with Crippen molar-refractivity contribution in [2.75, 3.05) is 18.0 Å². The SMILES string of the molecule is O=C(O)CC1CCN(c2c(F)cc(-c3nccc(Oc4ccc(F)cc4)n3)cc2F)CC1. The number of carboxylic acids is 1. The Hall–Kier alpha value is -3.62. The number of carboxylic acid groups (broad SMARTS) is 1. The molecule has 32 heavy (non-hydrogen) atoms. The molecule has 6 nitrogen and oxygen atoms in total. The molecule has 9 heteroatoms. The minimum absolute atomic E-state index is 0.00592. The molecule has 1 N–H and O–H groups in total. The average molecular weight is 443 g/mol. The van der Waals surface area contributed by atoms with Gasteiger partial charge in [0.05, 0.1) is 0 Å². The standard InChI is InChI=1S/C23H20F3N3O3/c24-16-1-3-17(4-2-16)32-20-5-8-27-23(28-20)15-12-18(25)22(19(26)13-15)29-9-6-14(7-10-29)11-21(30)31/h1-5,8,12-14H,6-7,9-11H2,(H,30,31). The maximum Gasteiger partial charge on any atom is 0.303 e. The van der Waals surface area contributed by atoms with Gasteiger partial charge in [0.15, 0.2) is 5.82 Å². The van der Waals surface area contributed by atoms with Gasteiger partial charge in [0.2, 0.25) is 5.88 Å². The Balaban J connectivity index is 1.52. The first-order valence-corrected chi connectivity index (χ1v) is 10.1. The van der Waals surface area contributed by atoms with Crippen LogP contribution in [0.3, 0.4) is 0 Å². The van der Waals surface area contributed by atoms with Gasteiger partial charge in [0, 0.05) is 37.3 Å². The number of hydrogen-bond acceptors (Lipinski definition) is 5. The highest BCUT2D eigenvalue weighted by molar-refractivity contribution is 5.67. The molecule has 2 aromatic carbocycles. The summed E-state index contributed by atoms with van der Waals surface area (Å²) in [6, 6.07) is 9.17. The van der Waals surface area contributed by atoms with E-state index in [1.807, 2.05) is 0 Å². The zero-order chi connectivity index (χ0) is 22.7. The molecule has 166 valence electrons. The number of carbonyl (C=O) groups is 1. The summed E-state index contributed by atoms with van der Waals surface area (Å²) in [7, 11) is 0. The van der Waals surface area contributed by atoms with Crippen LogP contribution in [0.5, 0.6) is 11.6 Å². The van der Waals surface area contributed by atoms with E-state index in [0.717, 1.165) is 0 Å². The highest BCUT2D eigenvalue weighted by Gasteiger charge is 2.26. The third-order valence-electron chi connectivity index (χ3n) is 5.34. The molecular formula is C23H20F3N3O3.